The Kier molecular flexibility index (Phi) is 9.40. The van der Waals surface area contributed by atoms with Gasteiger partial charge in [0.2, 0.25) is 0 Å². The van der Waals surface area contributed by atoms with Gasteiger partial charge in [-0.15, -0.1) is 0 Å². The van der Waals surface area contributed by atoms with Crippen LogP contribution in [0.5, 0.6) is 5.75 Å². The van der Waals surface area contributed by atoms with Gasteiger partial charge < -0.3 is 9.47 Å². The zero-order chi connectivity index (χ0) is 31.5. The van der Waals surface area contributed by atoms with Gasteiger partial charge in [-0.25, -0.2) is 9.79 Å². The predicted octanol–water partition coefficient (Wildman–Crippen LogP) is 6.68. The molecule has 0 spiro atoms. The maximum absolute atomic E-state index is 14.0. The van der Waals surface area contributed by atoms with Crippen LogP contribution >= 0.6 is 34.5 Å². The Morgan fingerprint density at radius 3 is 2.45 bits per heavy atom. The topological polar surface area (TPSA) is 93.7 Å². The molecule has 0 saturated carbocycles. The fraction of sp³-hybridized carbons (Fsp3) is 0.235. The lowest BCUT2D eigenvalue weighted by molar-refractivity contribution is -0.139. The number of carbonyl (C=O) groups is 1. The molecule has 2 heterocycles. The number of aromatic nitrogens is 1. The maximum Gasteiger partial charge on any atom is 0.338 e. The molecule has 0 aliphatic carbocycles. The second-order valence-electron chi connectivity index (χ2n) is 10.5. The van der Waals surface area contributed by atoms with Crippen LogP contribution in [0.15, 0.2) is 81.7 Å². The lowest BCUT2D eigenvalue weighted by atomic mass is 9.93. The molecule has 1 aliphatic heterocycles. The van der Waals surface area contributed by atoms with E-state index in [1.54, 1.807) is 54.8 Å². The summed E-state index contributed by atoms with van der Waals surface area (Å²) in [6.07, 6.45) is 1.69. The van der Waals surface area contributed by atoms with E-state index in [1.165, 1.54) is 11.3 Å². The van der Waals surface area contributed by atoms with E-state index in [9.17, 15) is 14.9 Å². The molecule has 0 amide bonds. The highest BCUT2D eigenvalue weighted by molar-refractivity contribution is 7.07. The minimum Gasteiger partial charge on any atom is -0.486 e. The number of ether oxygens (including phenoxy) is 2. The summed E-state index contributed by atoms with van der Waals surface area (Å²) in [6.45, 7) is 8.03. The molecule has 0 saturated heterocycles. The van der Waals surface area contributed by atoms with Gasteiger partial charge in [0.05, 0.1) is 50.1 Å². The van der Waals surface area contributed by atoms with Crippen molar-refractivity contribution < 1.29 is 14.3 Å². The molecule has 1 atom stereocenters. The minimum absolute atomic E-state index is 0.113. The van der Waals surface area contributed by atoms with Crippen molar-refractivity contribution >= 4 is 46.6 Å². The van der Waals surface area contributed by atoms with E-state index in [4.69, 9.17) is 32.7 Å². The Balaban J connectivity index is 1.55. The van der Waals surface area contributed by atoms with Crippen LogP contribution in [0.3, 0.4) is 0 Å². The molecular weight excluding hydrogens is 617 g/mol. The van der Waals surface area contributed by atoms with Crippen molar-refractivity contribution in [2.24, 2.45) is 4.99 Å². The quantitative estimate of drug-likeness (QED) is 0.199. The lowest BCUT2D eigenvalue weighted by Gasteiger charge is -2.25. The predicted molar refractivity (Wildman–Crippen MR) is 173 cm³/mol. The number of thiazole rings is 1. The van der Waals surface area contributed by atoms with Gasteiger partial charge in [0, 0.05) is 5.56 Å². The Labute approximate surface area is 268 Å². The first-order valence-corrected chi connectivity index (χ1v) is 15.6. The average molecular weight is 647 g/mol. The van der Waals surface area contributed by atoms with Crippen LogP contribution in [0, 0.1) is 11.3 Å². The molecule has 1 aliphatic rings. The molecule has 1 aromatic heterocycles. The Hall–Kier alpha value is -4.16. The molecule has 224 valence electrons. The second kappa shape index (κ2) is 13.2. The summed E-state index contributed by atoms with van der Waals surface area (Å²) in [5.74, 6) is 0.100. The maximum atomic E-state index is 14.0. The van der Waals surface area contributed by atoms with Gasteiger partial charge in [-0.1, -0.05) is 90.9 Å². The lowest BCUT2D eigenvalue weighted by Crippen LogP contribution is -2.39. The van der Waals surface area contributed by atoms with Gasteiger partial charge in [0.25, 0.3) is 5.56 Å². The van der Waals surface area contributed by atoms with Crippen molar-refractivity contribution in [1.29, 1.82) is 5.26 Å². The highest BCUT2D eigenvalue weighted by Crippen LogP contribution is 2.35. The number of nitriles is 1. The number of fused-ring (bicyclic) bond motifs is 1. The molecule has 3 aromatic carbocycles. The summed E-state index contributed by atoms with van der Waals surface area (Å²) in [7, 11) is 0. The van der Waals surface area contributed by atoms with Gasteiger partial charge in [-0.3, -0.25) is 9.36 Å². The first-order chi connectivity index (χ1) is 21.1. The number of hydrogen-bond acceptors (Lipinski definition) is 7. The summed E-state index contributed by atoms with van der Waals surface area (Å²) in [6, 6.07) is 19.8. The SMILES string of the molecule is CCOC(=O)C1=C(C)N=c2sc(=Cc3cc(Cl)c(OCc4ccccc4C#N)c(Cl)c3)c(=O)n2C1c1ccc(C(C)C)cc1. The van der Waals surface area contributed by atoms with E-state index in [0.717, 1.165) is 11.1 Å². The van der Waals surface area contributed by atoms with Crippen LogP contribution in [0.1, 0.15) is 67.5 Å². The summed E-state index contributed by atoms with van der Waals surface area (Å²) in [4.78, 5) is 32.2. The number of rotatable bonds is 8. The molecule has 4 aromatic rings. The van der Waals surface area contributed by atoms with E-state index in [1.807, 2.05) is 30.3 Å². The minimum atomic E-state index is -0.701. The zero-order valence-electron chi connectivity index (χ0n) is 24.6. The summed E-state index contributed by atoms with van der Waals surface area (Å²) in [5, 5.41) is 9.87. The molecule has 5 rings (SSSR count). The smallest absolute Gasteiger partial charge is 0.338 e. The molecule has 44 heavy (non-hydrogen) atoms. The van der Waals surface area contributed by atoms with E-state index in [-0.39, 0.29) is 34.6 Å². The number of carbonyl (C=O) groups excluding carboxylic acids is 1. The zero-order valence-corrected chi connectivity index (χ0v) is 26.9. The van der Waals surface area contributed by atoms with Crippen LogP contribution < -0.4 is 19.6 Å². The van der Waals surface area contributed by atoms with Crippen molar-refractivity contribution in [1.82, 2.24) is 4.57 Å². The fourth-order valence-electron chi connectivity index (χ4n) is 5.03. The number of benzene rings is 3. The number of esters is 1. The molecule has 1 unspecified atom stereocenters. The molecule has 7 nitrogen and oxygen atoms in total. The van der Waals surface area contributed by atoms with Gasteiger partial charge >= 0.3 is 5.97 Å². The van der Waals surface area contributed by atoms with Crippen LogP contribution in [0.4, 0.5) is 0 Å². The van der Waals surface area contributed by atoms with Crippen molar-refractivity contribution in [3.63, 3.8) is 0 Å². The van der Waals surface area contributed by atoms with Crippen LogP contribution in [0.25, 0.3) is 6.08 Å². The molecule has 0 N–H and O–H groups in total. The number of hydrogen-bond donors (Lipinski definition) is 0. The van der Waals surface area contributed by atoms with Gasteiger partial charge in [-0.2, -0.15) is 5.26 Å². The highest BCUT2D eigenvalue weighted by atomic mass is 35.5. The third-order valence-electron chi connectivity index (χ3n) is 7.26. The Bertz CT molecular complexity index is 1980. The standard InChI is InChI=1S/C34H29Cl2N3O4S/c1-5-42-33(41)29-20(4)38-34-39(30(29)23-12-10-22(11-13-23)19(2)3)32(40)28(44-34)16-21-14-26(35)31(27(36)15-21)43-18-25-9-7-6-8-24(25)17-37/h6-16,19,30H,5,18H2,1-4H3. The molecule has 0 bridgehead atoms. The summed E-state index contributed by atoms with van der Waals surface area (Å²) >= 11 is 14.4. The van der Waals surface area contributed by atoms with Gasteiger partial charge in [-0.05, 0) is 60.7 Å². The number of allylic oxidation sites excluding steroid dienone is 1. The van der Waals surface area contributed by atoms with E-state index in [2.05, 4.69) is 24.9 Å². The third kappa shape index (κ3) is 6.22. The highest BCUT2D eigenvalue weighted by Gasteiger charge is 2.33. The third-order valence-corrected chi connectivity index (χ3v) is 8.81. The second-order valence-corrected chi connectivity index (χ2v) is 12.3. The molecule has 10 heteroatoms. The Morgan fingerprint density at radius 1 is 1.14 bits per heavy atom. The van der Waals surface area contributed by atoms with Crippen LogP contribution in [-0.2, 0) is 16.1 Å². The van der Waals surface area contributed by atoms with Crippen molar-refractivity contribution in [3.8, 4) is 11.8 Å². The largest absolute Gasteiger partial charge is 0.486 e. The fourth-order valence-corrected chi connectivity index (χ4v) is 6.69. The van der Waals surface area contributed by atoms with Crippen molar-refractivity contribution in [2.75, 3.05) is 6.61 Å². The van der Waals surface area contributed by atoms with E-state index in [0.29, 0.717) is 43.2 Å². The Morgan fingerprint density at radius 2 is 1.82 bits per heavy atom. The van der Waals surface area contributed by atoms with E-state index >= 15 is 0 Å². The van der Waals surface area contributed by atoms with Crippen LogP contribution in [0.2, 0.25) is 10.0 Å². The number of nitrogens with zero attached hydrogens (tertiary/aromatic N) is 3. The first-order valence-electron chi connectivity index (χ1n) is 14.0. The van der Waals surface area contributed by atoms with Crippen molar-refractivity contribution in [3.05, 3.63) is 129 Å². The molecule has 0 radical (unpaired) electrons. The van der Waals surface area contributed by atoms with Gasteiger partial charge in [0.15, 0.2) is 10.6 Å². The molecule has 0 fully saturated rings. The summed E-state index contributed by atoms with van der Waals surface area (Å²) < 4.78 is 13.2. The molecular formula is C34H29Cl2N3O4S. The van der Waals surface area contributed by atoms with Crippen LogP contribution in [-0.4, -0.2) is 17.1 Å². The first kappa shape index (κ1) is 31.3. The van der Waals surface area contributed by atoms with E-state index < -0.39 is 12.0 Å². The van der Waals surface area contributed by atoms with Gasteiger partial charge in [0.1, 0.15) is 6.61 Å². The number of halogens is 2. The summed E-state index contributed by atoms with van der Waals surface area (Å²) in [5.41, 5.74) is 4.25. The van der Waals surface area contributed by atoms with Crippen molar-refractivity contribution in [2.45, 2.75) is 46.3 Å². The monoisotopic (exact) mass is 645 g/mol. The average Bonchev–Trinajstić information content (AvgIpc) is 3.30. The normalized spacial score (nSPS) is 14.7.